The highest BCUT2D eigenvalue weighted by Crippen LogP contribution is 2.40. The molecule has 0 saturated heterocycles. The zero-order valence-corrected chi connectivity index (χ0v) is 7.71. The van der Waals surface area contributed by atoms with Gasteiger partial charge in [-0.15, -0.1) is 0 Å². The molecule has 0 nitrogen and oxygen atoms in total. The summed E-state index contributed by atoms with van der Waals surface area (Å²) in [4.78, 5) is 0. The van der Waals surface area contributed by atoms with Crippen LogP contribution in [0.2, 0.25) is 5.82 Å². The number of alkyl halides is 6. The lowest BCUT2D eigenvalue weighted by molar-refractivity contribution is -0.0986. The number of rotatable bonds is 0. The van der Waals surface area contributed by atoms with E-state index in [1.54, 1.807) is 0 Å². The summed E-state index contributed by atoms with van der Waals surface area (Å²) in [6.45, 7) is 0. The first-order valence-corrected chi connectivity index (χ1v) is 4.17. The van der Waals surface area contributed by atoms with Crippen LogP contribution in [0.4, 0.5) is 26.3 Å². The minimum atomic E-state index is -4.72. The number of hydrogen-bond acceptors (Lipinski definition) is 0. The van der Waals surface area contributed by atoms with Crippen LogP contribution in [0, 0.1) is 0 Å². The largest absolute Gasteiger partial charge is 0.416 e. The van der Waals surface area contributed by atoms with E-state index in [1.165, 1.54) is 7.85 Å². The van der Waals surface area contributed by atoms with Gasteiger partial charge in [-0.3, -0.25) is 0 Å². The van der Waals surface area contributed by atoms with Gasteiger partial charge in [0.05, 0.1) is 5.57 Å². The molecule has 0 heterocycles. The monoisotopic (exact) mass is 228 g/mol. The number of halogens is 6. The second kappa shape index (κ2) is 3.61. The molecule has 0 amide bonds. The van der Waals surface area contributed by atoms with Crippen molar-refractivity contribution >= 4 is 7.85 Å². The van der Waals surface area contributed by atoms with Crippen molar-refractivity contribution < 1.29 is 26.3 Å². The van der Waals surface area contributed by atoms with Crippen molar-refractivity contribution in [3.8, 4) is 0 Å². The molecule has 0 aromatic heterocycles. The summed E-state index contributed by atoms with van der Waals surface area (Å²) < 4.78 is 73.2. The third kappa shape index (κ3) is 3.04. The van der Waals surface area contributed by atoms with Gasteiger partial charge in [0.1, 0.15) is 7.85 Å². The minimum Gasteiger partial charge on any atom is -0.166 e. The van der Waals surface area contributed by atoms with Crippen LogP contribution in [0.25, 0.3) is 0 Å². The molecule has 0 aromatic rings. The lowest BCUT2D eigenvalue weighted by Crippen LogP contribution is -2.20. The summed E-state index contributed by atoms with van der Waals surface area (Å²) in [5, 5.41) is 0. The summed E-state index contributed by atoms with van der Waals surface area (Å²) in [5.74, 6) is -0.747. The lowest BCUT2D eigenvalue weighted by atomic mass is 9.77. The van der Waals surface area contributed by atoms with Gasteiger partial charge >= 0.3 is 12.4 Å². The van der Waals surface area contributed by atoms with Crippen molar-refractivity contribution in [2.75, 3.05) is 0 Å². The van der Waals surface area contributed by atoms with Gasteiger partial charge in [0.25, 0.3) is 0 Å². The Bertz CT molecular complexity index is 308. The van der Waals surface area contributed by atoms with Crippen molar-refractivity contribution in [3.63, 3.8) is 0 Å². The third-order valence-electron chi connectivity index (χ3n) is 2.03. The Kier molecular flexibility index (Phi) is 2.93. The maximum atomic E-state index is 12.2. The Hall–Kier alpha value is -0.875. The molecule has 7 heteroatoms. The third-order valence-corrected chi connectivity index (χ3v) is 2.03. The van der Waals surface area contributed by atoms with E-state index in [2.05, 4.69) is 0 Å². The van der Waals surface area contributed by atoms with Crippen molar-refractivity contribution in [2.24, 2.45) is 0 Å². The minimum absolute atomic E-state index is 0.181. The van der Waals surface area contributed by atoms with E-state index in [0.717, 1.165) is 6.08 Å². The molecule has 84 valence electrons. The maximum Gasteiger partial charge on any atom is 0.416 e. The fourth-order valence-electron chi connectivity index (χ4n) is 1.38. The van der Waals surface area contributed by atoms with Crippen LogP contribution in [0.15, 0.2) is 23.3 Å². The van der Waals surface area contributed by atoms with Gasteiger partial charge in [-0.05, 0) is 18.3 Å². The summed E-state index contributed by atoms with van der Waals surface area (Å²) in [7, 11) is 1.32. The zero-order valence-electron chi connectivity index (χ0n) is 7.71. The molecule has 0 radical (unpaired) electrons. The van der Waals surface area contributed by atoms with Crippen LogP contribution in [0.3, 0.4) is 0 Å². The molecule has 0 N–H and O–H groups in total. The molecule has 0 aliphatic heterocycles. The molecule has 0 spiro atoms. The predicted octanol–water partition coefficient (Wildman–Crippen LogP) is 2.79. The van der Waals surface area contributed by atoms with Crippen LogP contribution >= 0.6 is 0 Å². The highest BCUT2D eigenvalue weighted by atomic mass is 19.4. The van der Waals surface area contributed by atoms with Gasteiger partial charge in [-0.2, -0.15) is 26.3 Å². The standard InChI is InChI=1S/C8H7BF6/c9-6-2-4(7(10,11)12)1-5(3-6)8(13,14)15/h1-2,6H,3,9H2. The molecule has 0 aromatic carbocycles. The first-order chi connectivity index (χ1) is 6.60. The maximum absolute atomic E-state index is 12.2. The van der Waals surface area contributed by atoms with Gasteiger partial charge in [-0.1, -0.05) is 6.08 Å². The van der Waals surface area contributed by atoms with Crippen molar-refractivity contribution in [3.05, 3.63) is 23.3 Å². The van der Waals surface area contributed by atoms with E-state index >= 15 is 0 Å². The Morgan fingerprint density at radius 2 is 1.60 bits per heavy atom. The summed E-state index contributed by atoms with van der Waals surface area (Å²) >= 11 is 0. The van der Waals surface area contributed by atoms with Gasteiger partial charge in [0.2, 0.25) is 0 Å². The SMILES string of the molecule is BC1C=C(C(F)(F)F)C=C(C(F)(F)F)C1. The van der Waals surface area contributed by atoms with Crippen molar-refractivity contribution in [1.29, 1.82) is 0 Å². The van der Waals surface area contributed by atoms with Gasteiger partial charge in [0.15, 0.2) is 0 Å². The highest BCUT2D eigenvalue weighted by molar-refractivity contribution is 6.13. The Morgan fingerprint density at radius 3 is 2.00 bits per heavy atom. The van der Waals surface area contributed by atoms with Crippen LogP contribution in [-0.4, -0.2) is 20.2 Å². The number of allylic oxidation sites excluding steroid dienone is 4. The zero-order chi connectivity index (χ0) is 11.9. The van der Waals surface area contributed by atoms with Gasteiger partial charge in [-0.25, -0.2) is 0 Å². The first kappa shape index (κ1) is 12.2. The van der Waals surface area contributed by atoms with Gasteiger partial charge < -0.3 is 0 Å². The highest BCUT2D eigenvalue weighted by Gasteiger charge is 2.40. The Balaban J connectivity index is 3.06. The smallest absolute Gasteiger partial charge is 0.166 e. The molecule has 1 aliphatic carbocycles. The molecule has 1 atom stereocenters. The topological polar surface area (TPSA) is 0 Å². The predicted molar refractivity (Wildman–Crippen MR) is 45.2 cm³/mol. The average molecular weight is 228 g/mol. The second-order valence-electron chi connectivity index (χ2n) is 3.47. The van der Waals surface area contributed by atoms with Crippen molar-refractivity contribution in [1.82, 2.24) is 0 Å². The fraction of sp³-hybridized carbons (Fsp3) is 0.500. The van der Waals surface area contributed by atoms with E-state index in [4.69, 9.17) is 0 Å². The molecular formula is C8H7BF6. The Labute approximate surface area is 83.1 Å². The molecule has 1 rings (SSSR count). The van der Waals surface area contributed by atoms with Gasteiger partial charge in [0, 0.05) is 5.57 Å². The fourth-order valence-corrected chi connectivity index (χ4v) is 1.38. The molecule has 0 fully saturated rings. The summed E-state index contributed by atoms with van der Waals surface area (Å²) in [5.41, 5.74) is -2.33. The Morgan fingerprint density at radius 1 is 1.07 bits per heavy atom. The molecule has 1 aliphatic rings. The van der Waals surface area contributed by atoms with Crippen LogP contribution < -0.4 is 0 Å². The van der Waals surface area contributed by atoms with Crippen LogP contribution in [0.1, 0.15) is 6.42 Å². The lowest BCUT2D eigenvalue weighted by Gasteiger charge is -2.21. The van der Waals surface area contributed by atoms with E-state index in [9.17, 15) is 26.3 Å². The van der Waals surface area contributed by atoms with E-state index in [-0.39, 0.29) is 6.08 Å². The summed E-state index contributed by atoms with van der Waals surface area (Å²) in [6.07, 6.45) is -8.80. The van der Waals surface area contributed by atoms with Crippen LogP contribution in [-0.2, 0) is 0 Å². The molecule has 1 unspecified atom stereocenters. The normalized spacial score (nSPS) is 23.5. The first-order valence-electron chi connectivity index (χ1n) is 4.17. The van der Waals surface area contributed by atoms with Crippen LogP contribution in [0.5, 0.6) is 0 Å². The molecule has 0 bridgehead atoms. The molecule has 15 heavy (non-hydrogen) atoms. The van der Waals surface area contributed by atoms with E-state index < -0.39 is 35.7 Å². The quantitative estimate of drug-likeness (QED) is 0.441. The second-order valence-corrected chi connectivity index (χ2v) is 3.47. The molecule has 0 saturated carbocycles. The van der Waals surface area contributed by atoms with Crippen molar-refractivity contribution in [2.45, 2.75) is 24.6 Å². The number of hydrogen-bond donors (Lipinski definition) is 0. The summed E-state index contributed by atoms with van der Waals surface area (Å²) in [6, 6.07) is 0. The van der Waals surface area contributed by atoms with E-state index in [1.807, 2.05) is 0 Å². The average Bonchev–Trinajstić information content (AvgIpc) is 1.99. The van der Waals surface area contributed by atoms with E-state index in [0.29, 0.717) is 0 Å². The molecular weight excluding hydrogens is 221 g/mol.